The van der Waals surface area contributed by atoms with E-state index in [1.165, 1.54) is 0 Å². The van der Waals surface area contributed by atoms with Crippen LogP contribution in [0.25, 0.3) is 0 Å². The number of aliphatic hydroxyl groups excluding tert-OH is 1. The van der Waals surface area contributed by atoms with Gasteiger partial charge in [-0.2, -0.15) is 0 Å². The molecule has 0 fully saturated rings. The van der Waals surface area contributed by atoms with Crippen LogP contribution in [0.3, 0.4) is 0 Å². The fraction of sp³-hybridized carbons (Fsp3) is 0.533. The van der Waals surface area contributed by atoms with Crippen molar-refractivity contribution < 1.29 is 15.0 Å². The van der Waals surface area contributed by atoms with Gasteiger partial charge >= 0.3 is 5.97 Å². The third-order valence-electron chi connectivity index (χ3n) is 3.18. The van der Waals surface area contributed by atoms with Crippen LogP contribution in [-0.2, 0) is 4.79 Å². The van der Waals surface area contributed by atoms with E-state index in [-0.39, 0.29) is 6.42 Å². The van der Waals surface area contributed by atoms with Crippen molar-refractivity contribution in [3.63, 3.8) is 0 Å². The summed E-state index contributed by atoms with van der Waals surface area (Å²) in [7, 11) is 3.89. The monoisotopic (exact) mass is 280 g/mol. The van der Waals surface area contributed by atoms with Gasteiger partial charge in [-0.3, -0.25) is 4.79 Å². The molecule has 0 aliphatic carbocycles. The molecule has 0 heterocycles. The highest BCUT2D eigenvalue weighted by Gasteiger charge is 2.22. The number of carboxylic acids is 1. The molecule has 0 bridgehead atoms. The molecule has 112 valence electrons. The highest BCUT2D eigenvalue weighted by atomic mass is 16.4. The van der Waals surface area contributed by atoms with E-state index >= 15 is 0 Å². The number of nitrogens with one attached hydrogen (secondary N) is 1. The first kappa shape index (κ1) is 16.5. The molecule has 0 spiro atoms. The van der Waals surface area contributed by atoms with Crippen LogP contribution in [0, 0.1) is 0 Å². The van der Waals surface area contributed by atoms with Crippen LogP contribution < -0.4 is 10.2 Å². The summed E-state index contributed by atoms with van der Waals surface area (Å²) in [5, 5.41) is 22.4. The summed E-state index contributed by atoms with van der Waals surface area (Å²) < 4.78 is 0. The summed E-state index contributed by atoms with van der Waals surface area (Å²) in [6.45, 7) is 2.69. The molecule has 5 nitrogen and oxygen atoms in total. The van der Waals surface area contributed by atoms with E-state index < -0.39 is 18.1 Å². The Kier molecular flexibility index (Phi) is 6.48. The van der Waals surface area contributed by atoms with Crippen molar-refractivity contribution in [2.45, 2.75) is 31.9 Å². The Balaban J connectivity index is 2.81. The van der Waals surface area contributed by atoms with Crippen LogP contribution in [0.2, 0.25) is 0 Å². The smallest absolute Gasteiger partial charge is 0.305 e. The fourth-order valence-electron chi connectivity index (χ4n) is 2.02. The van der Waals surface area contributed by atoms with Crippen LogP contribution in [0.5, 0.6) is 0 Å². The molecule has 2 unspecified atom stereocenters. The topological polar surface area (TPSA) is 72.8 Å². The lowest BCUT2D eigenvalue weighted by molar-refractivity contribution is -0.138. The first-order valence-electron chi connectivity index (χ1n) is 6.86. The average molecular weight is 280 g/mol. The van der Waals surface area contributed by atoms with Gasteiger partial charge in [0, 0.05) is 25.8 Å². The zero-order chi connectivity index (χ0) is 15.1. The zero-order valence-electron chi connectivity index (χ0n) is 12.3. The van der Waals surface area contributed by atoms with Crippen molar-refractivity contribution in [3.8, 4) is 0 Å². The molecule has 0 aliphatic heterocycles. The van der Waals surface area contributed by atoms with Gasteiger partial charge in [-0.15, -0.1) is 0 Å². The van der Waals surface area contributed by atoms with Gasteiger partial charge in [0.1, 0.15) is 0 Å². The molecule has 0 amide bonds. The van der Waals surface area contributed by atoms with Crippen LogP contribution in [-0.4, -0.2) is 42.9 Å². The molecule has 20 heavy (non-hydrogen) atoms. The van der Waals surface area contributed by atoms with Gasteiger partial charge in [-0.1, -0.05) is 19.1 Å². The number of aliphatic carboxylic acids is 1. The molecule has 0 aliphatic rings. The Morgan fingerprint density at radius 3 is 2.35 bits per heavy atom. The zero-order valence-corrected chi connectivity index (χ0v) is 12.3. The minimum atomic E-state index is -0.914. The third kappa shape index (κ3) is 4.83. The summed E-state index contributed by atoms with van der Waals surface area (Å²) in [5.41, 5.74) is 1.77. The number of aliphatic hydroxyl groups is 1. The summed E-state index contributed by atoms with van der Waals surface area (Å²) in [4.78, 5) is 12.9. The number of benzene rings is 1. The van der Waals surface area contributed by atoms with Crippen LogP contribution in [0.1, 0.15) is 31.4 Å². The summed E-state index contributed by atoms with van der Waals surface area (Å²) in [6, 6.07) is 7.02. The molecule has 2 atom stereocenters. The summed E-state index contributed by atoms with van der Waals surface area (Å²) >= 11 is 0. The second-order valence-electron chi connectivity index (χ2n) is 5.09. The number of anilines is 1. The van der Waals surface area contributed by atoms with E-state index in [4.69, 9.17) is 5.11 Å². The average Bonchev–Trinajstić information content (AvgIpc) is 2.42. The molecule has 5 heteroatoms. The van der Waals surface area contributed by atoms with Gasteiger partial charge in [0.15, 0.2) is 0 Å². The SMILES string of the molecule is CCCNC(CC(=O)O)C(O)c1ccc(N(C)C)cc1. The summed E-state index contributed by atoms with van der Waals surface area (Å²) in [6.07, 6.45) is -0.0344. The van der Waals surface area contributed by atoms with E-state index in [2.05, 4.69) is 5.32 Å². The van der Waals surface area contributed by atoms with Gasteiger partial charge in [0.05, 0.1) is 12.5 Å². The number of carbonyl (C=O) groups is 1. The second-order valence-corrected chi connectivity index (χ2v) is 5.09. The van der Waals surface area contributed by atoms with E-state index in [1.54, 1.807) is 0 Å². The normalized spacial score (nSPS) is 13.8. The lowest BCUT2D eigenvalue weighted by atomic mass is 9.99. The van der Waals surface area contributed by atoms with Crippen molar-refractivity contribution in [1.29, 1.82) is 0 Å². The quantitative estimate of drug-likeness (QED) is 0.675. The molecule has 1 aromatic carbocycles. The minimum absolute atomic E-state index is 0.101. The van der Waals surface area contributed by atoms with Crippen LogP contribution >= 0.6 is 0 Å². The van der Waals surface area contributed by atoms with Crippen molar-refractivity contribution in [1.82, 2.24) is 5.32 Å². The number of carboxylic acid groups (broad SMARTS) is 1. The van der Waals surface area contributed by atoms with Crippen LogP contribution in [0.15, 0.2) is 24.3 Å². The Bertz CT molecular complexity index is 418. The third-order valence-corrected chi connectivity index (χ3v) is 3.18. The predicted octanol–water partition coefficient (Wildman–Crippen LogP) is 1.63. The van der Waals surface area contributed by atoms with E-state index in [0.717, 1.165) is 17.7 Å². The largest absolute Gasteiger partial charge is 0.481 e. The van der Waals surface area contributed by atoms with Gasteiger partial charge < -0.3 is 20.4 Å². The second kappa shape index (κ2) is 7.87. The molecular weight excluding hydrogens is 256 g/mol. The molecule has 0 saturated carbocycles. The van der Waals surface area contributed by atoms with Gasteiger partial charge in [0.2, 0.25) is 0 Å². The van der Waals surface area contributed by atoms with Gasteiger partial charge in [0.25, 0.3) is 0 Å². The summed E-state index contributed by atoms with van der Waals surface area (Å²) in [5.74, 6) is -0.914. The first-order chi connectivity index (χ1) is 9.45. The van der Waals surface area contributed by atoms with Gasteiger partial charge in [-0.05, 0) is 30.7 Å². The molecule has 1 rings (SSSR count). The Morgan fingerprint density at radius 1 is 1.30 bits per heavy atom. The van der Waals surface area contributed by atoms with E-state index in [9.17, 15) is 9.90 Å². The fourth-order valence-corrected chi connectivity index (χ4v) is 2.02. The number of rotatable bonds is 8. The van der Waals surface area contributed by atoms with Crippen molar-refractivity contribution in [2.75, 3.05) is 25.5 Å². The van der Waals surface area contributed by atoms with Crippen molar-refractivity contribution in [2.24, 2.45) is 0 Å². The number of nitrogens with zero attached hydrogens (tertiary/aromatic N) is 1. The minimum Gasteiger partial charge on any atom is -0.481 e. The maximum Gasteiger partial charge on any atom is 0.305 e. The maximum atomic E-state index is 10.9. The lowest BCUT2D eigenvalue weighted by Gasteiger charge is -2.23. The molecule has 0 saturated heterocycles. The number of hydrogen-bond acceptors (Lipinski definition) is 4. The highest BCUT2D eigenvalue weighted by Crippen LogP contribution is 2.22. The Labute approximate surface area is 120 Å². The molecule has 0 radical (unpaired) electrons. The Morgan fingerprint density at radius 2 is 1.90 bits per heavy atom. The Hall–Kier alpha value is -1.59. The van der Waals surface area contributed by atoms with E-state index in [1.807, 2.05) is 50.2 Å². The standard InChI is InChI=1S/C15H24N2O3/c1-4-9-16-13(10-14(18)19)15(20)11-5-7-12(8-6-11)17(2)3/h5-8,13,15-16,20H,4,9-10H2,1-3H3,(H,18,19). The maximum absolute atomic E-state index is 10.9. The van der Waals surface area contributed by atoms with Gasteiger partial charge in [-0.25, -0.2) is 0 Å². The highest BCUT2D eigenvalue weighted by molar-refractivity contribution is 5.67. The van der Waals surface area contributed by atoms with Crippen LogP contribution in [0.4, 0.5) is 5.69 Å². The molecule has 0 aromatic heterocycles. The predicted molar refractivity (Wildman–Crippen MR) is 80.1 cm³/mol. The molecular formula is C15H24N2O3. The van der Waals surface area contributed by atoms with E-state index in [0.29, 0.717) is 6.54 Å². The molecule has 1 aromatic rings. The van der Waals surface area contributed by atoms with Crippen molar-refractivity contribution in [3.05, 3.63) is 29.8 Å². The van der Waals surface area contributed by atoms with Crippen molar-refractivity contribution >= 4 is 11.7 Å². The molecule has 3 N–H and O–H groups in total. The first-order valence-corrected chi connectivity index (χ1v) is 6.86. The number of hydrogen-bond donors (Lipinski definition) is 3. The lowest BCUT2D eigenvalue weighted by Crippen LogP contribution is -2.37.